The van der Waals surface area contributed by atoms with Crippen LogP contribution in [0.5, 0.6) is 17.2 Å². The van der Waals surface area contributed by atoms with E-state index in [0.29, 0.717) is 17.2 Å². The third-order valence-electron chi connectivity index (χ3n) is 3.69. The third-order valence-corrected chi connectivity index (χ3v) is 3.69. The van der Waals surface area contributed by atoms with Gasteiger partial charge in [0.05, 0.1) is 31.3 Å². The number of nitrogens with one attached hydrogen (secondary N) is 1. The molecule has 0 saturated heterocycles. The normalized spacial score (nSPS) is 10.0. The number of anilines is 1. The minimum atomic E-state index is -0.876. The zero-order chi connectivity index (χ0) is 21.4. The van der Waals surface area contributed by atoms with E-state index in [1.165, 1.54) is 26.4 Å². The van der Waals surface area contributed by atoms with E-state index in [0.717, 1.165) is 6.07 Å². The molecule has 0 atom stereocenters. The van der Waals surface area contributed by atoms with Crippen molar-refractivity contribution in [2.24, 2.45) is 0 Å². The van der Waals surface area contributed by atoms with E-state index in [4.69, 9.17) is 18.9 Å². The highest BCUT2D eigenvalue weighted by Crippen LogP contribution is 2.30. The topological polar surface area (TPSA) is 126 Å². The number of benzene rings is 2. The Hall–Kier alpha value is -3.82. The number of nitro benzene ring substituents is 1. The molecule has 0 heterocycles. The molecule has 0 unspecified atom stereocenters. The Balaban J connectivity index is 2.00. The molecule has 0 fully saturated rings. The molecule has 10 nitrogen and oxygen atoms in total. The van der Waals surface area contributed by atoms with Crippen molar-refractivity contribution in [1.82, 2.24) is 0 Å². The summed E-state index contributed by atoms with van der Waals surface area (Å²) in [6.45, 7) is 1.35. The minimum absolute atomic E-state index is 0.0419. The van der Waals surface area contributed by atoms with Crippen LogP contribution in [0.1, 0.15) is 17.3 Å². The first-order valence-electron chi connectivity index (χ1n) is 8.49. The van der Waals surface area contributed by atoms with Crippen LogP contribution < -0.4 is 19.5 Å². The molecule has 10 heteroatoms. The fraction of sp³-hybridized carbons (Fsp3) is 0.263. The quantitative estimate of drug-likeness (QED) is 0.384. The molecule has 0 aromatic heterocycles. The molecular formula is C19H20N2O8. The first-order chi connectivity index (χ1) is 13.9. The van der Waals surface area contributed by atoms with Gasteiger partial charge < -0.3 is 24.3 Å². The summed E-state index contributed by atoms with van der Waals surface area (Å²) in [4.78, 5) is 34.6. The Morgan fingerprint density at radius 3 is 2.34 bits per heavy atom. The first-order valence-corrected chi connectivity index (χ1v) is 8.49. The Bertz CT molecular complexity index is 913. The molecule has 2 aromatic carbocycles. The number of hydrogen-bond donors (Lipinski definition) is 1. The highest BCUT2D eigenvalue weighted by molar-refractivity contribution is 5.96. The number of hydrogen-bond acceptors (Lipinski definition) is 8. The second-order valence-electron chi connectivity index (χ2n) is 5.57. The fourth-order valence-corrected chi connectivity index (χ4v) is 2.39. The maximum Gasteiger partial charge on any atom is 0.338 e. The number of rotatable bonds is 9. The molecular weight excluding hydrogens is 384 g/mol. The average Bonchev–Trinajstić information content (AvgIpc) is 2.72. The van der Waals surface area contributed by atoms with Crippen molar-refractivity contribution in [2.75, 3.05) is 32.8 Å². The van der Waals surface area contributed by atoms with Crippen LogP contribution in [0.15, 0.2) is 36.4 Å². The van der Waals surface area contributed by atoms with Crippen molar-refractivity contribution in [3.05, 3.63) is 52.1 Å². The number of carbonyl (C=O) groups is 2. The Labute approximate surface area is 166 Å². The van der Waals surface area contributed by atoms with E-state index < -0.39 is 23.4 Å². The average molecular weight is 404 g/mol. The van der Waals surface area contributed by atoms with Crippen LogP contribution in [-0.4, -0.2) is 44.2 Å². The van der Waals surface area contributed by atoms with E-state index in [1.807, 2.05) is 0 Å². The molecule has 0 radical (unpaired) electrons. The van der Waals surface area contributed by atoms with E-state index in [1.54, 1.807) is 25.1 Å². The van der Waals surface area contributed by atoms with Gasteiger partial charge in [-0.05, 0) is 31.2 Å². The van der Waals surface area contributed by atoms with Gasteiger partial charge in [-0.1, -0.05) is 0 Å². The number of esters is 1. The SMILES string of the molecule is CCOc1ccc(C(=O)OCC(=O)Nc2ccc(OC)c(OC)c2)cc1[N+](=O)[O-]. The molecule has 0 saturated carbocycles. The molecule has 1 N–H and O–H groups in total. The summed E-state index contributed by atoms with van der Waals surface area (Å²) in [5.74, 6) is -0.511. The molecule has 0 aliphatic carbocycles. The molecule has 154 valence electrons. The van der Waals surface area contributed by atoms with Gasteiger partial charge in [0.1, 0.15) is 0 Å². The summed E-state index contributed by atoms with van der Waals surface area (Å²) >= 11 is 0. The van der Waals surface area contributed by atoms with Crippen LogP contribution in [0.4, 0.5) is 11.4 Å². The summed E-state index contributed by atoms with van der Waals surface area (Å²) in [7, 11) is 2.95. The third kappa shape index (κ3) is 5.58. The highest BCUT2D eigenvalue weighted by atomic mass is 16.6. The van der Waals surface area contributed by atoms with Crippen molar-refractivity contribution in [3.63, 3.8) is 0 Å². The summed E-state index contributed by atoms with van der Waals surface area (Å²) in [6, 6.07) is 8.43. The minimum Gasteiger partial charge on any atom is -0.493 e. The van der Waals surface area contributed by atoms with Gasteiger partial charge in [-0.2, -0.15) is 0 Å². The van der Waals surface area contributed by atoms with Crippen molar-refractivity contribution >= 4 is 23.3 Å². The molecule has 0 bridgehead atoms. The van der Waals surface area contributed by atoms with E-state index in [-0.39, 0.29) is 23.6 Å². The van der Waals surface area contributed by atoms with E-state index in [9.17, 15) is 19.7 Å². The van der Waals surface area contributed by atoms with Crippen molar-refractivity contribution in [2.45, 2.75) is 6.92 Å². The zero-order valence-electron chi connectivity index (χ0n) is 16.1. The summed E-state index contributed by atoms with van der Waals surface area (Å²) in [5.41, 5.74) is -0.0180. The second-order valence-corrected chi connectivity index (χ2v) is 5.57. The van der Waals surface area contributed by atoms with Crippen LogP contribution in [0, 0.1) is 10.1 Å². The summed E-state index contributed by atoms with van der Waals surface area (Å²) < 4.78 is 20.3. The number of ether oxygens (including phenoxy) is 4. The number of methoxy groups -OCH3 is 2. The van der Waals surface area contributed by atoms with E-state index >= 15 is 0 Å². The number of nitro groups is 1. The van der Waals surface area contributed by atoms with Gasteiger partial charge in [-0.25, -0.2) is 4.79 Å². The molecule has 29 heavy (non-hydrogen) atoms. The van der Waals surface area contributed by atoms with Crippen LogP contribution >= 0.6 is 0 Å². The van der Waals surface area contributed by atoms with Gasteiger partial charge >= 0.3 is 11.7 Å². The monoisotopic (exact) mass is 404 g/mol. The maximum atomic E-state index is 12.1. The van der Waals surface area contributed by atoms with Gasteiger partial charge in [0.25, 0.3) is 5.91 Å². The van der Waals surface area contributed by atoms with Gasteiger partial charge in [-0.15, -0.1) is 0 Å². The van der Waals surface area contributed by atoms with Crippen molar-refractivity contribution in [3.8, 4) is 17.2 Å². The summed E-state index contributed by atoms with van der Waals surface area (Å²) in [6.07, 6.45) is 0. The fourth-order valence-electron chi connectivity index (χ4n) is 2.39. The lowest BCUT2D eigenvalue weighted by Crippen LogP contribution is -2.21. The second kappa shape index (κ2) is 9.93. The van der Waals surface area contributed by atoms with Gasteiger partial charge in [0.2, 0.25) is 0 Å². The predicted molar refractivity (Wildman–Crippen MR) is 103 cm³/mol. The molecule has 0 aliphatic rings. The van der Waals surface area contributed by atoms with Crippen molar-refractivity contribution in [1.29, 1.82) is 0 Å². The molecule has 2 aromatic rings. The highest BCUT2D eigenvalue weighted by Gasteiger charge is 2.20. The number of nitrogens with zero attached hydrogens (tertiary/aromatic N) is 1. The molecule has 0 aliphatic heterocycles. The molecule has 0 spiro atoms. The van der Waals surface area contributed by atoms with Gasteiger partial charge in [-0.3, -0.25) is 14.9 Å². The Kier molecular flexibility index (Phi) is 7.35. The Morgan fingerprint density at radius 2 is 1.72 bits per heavy atom. The predicted octanol–water partition coefficient (Wildman–Crippen LogP) is 2.81. The van der Waals surface area contributed by atoms with E-state index in [2.05, 4.69) is 5.32 Å². The number of carbonyl (C=O) groups excluding carboxylic acids is 2. The first kappa shape index (κ1) is 21.5. The Morgan fingerprint density at radius 1 is 1.03 bits per heavy atom. The molecule has 1 amide bonds. The lowest BCUT2D eigenvalue weighted by molar-refractivity contribution is -0.385. The van der Waals surface area contributed by atoms with Crippen LogP contribution in [0.25, 0.3) is 0 Å². The zero-order valence-corrected chi connectivity index (χ0v) is 16.1. The van der Waals surface area contributed by atoms with Gasteiger partial charge in [0.15, 0.2) is 23.9 Å². The molecule has 2 rings (SSSR count). The van der Waals surface area contributed by atoms with Crippen LogP contribution in [0.2, 0.25) is 0 Å². The number of amides is 1. The smallest absolute Gasteiger partial charge is 0.338 e. The van der Waals surface area contributed by atoms with Crippen LogP contribution in [-0.2, 0) is 9.53 Å². The lowest BCUT2D eigenvalue weighted by atomic mass is 10.2. The van der Waals surface area contributed by atoms with Gasteiger partial charge in [0, 0.05) is 17.8 Å². The maximum absolute atomic E-state index is 12.1. The largest absolute Gasteiger partial charge is 0.493 e. The van der Waals surface area contributed by atoms with Crippen molar-refractivity contribution < 1.29 is 33.5 Å². The van der Waals surface area contributed by atoms with Crippen LogP contribution in [0.3, 0.4) is 0 Å². The standard InChI is InChI=1S/C19H20N2O8/c1-4-28-15-7-5-12(9-14(15)21(24)25)19(23)29-11-18(22)20-13-6-8-16(26-2)17(10-13)27-3/h5-10H,4,11H2,1-3H3,(H,20,22). The summed E-state index contributed by atoms with van der Waals surface area (Å²) in [5, 5.41) is 13.7. The lowest BCUT2D eigenvalue weighted by Gasteiger charge is -2.11.